The third-order valence-electron chi connectivity index (χ3n) is 3.74. The van der Waals surface area contributed by atoms with Crippen molar-refractivity contribution in [3.8, 4) is 0 Å². The van der Waals surface area contributed by atoms with E-state index in [1.54, 1.807) is 24.4 Å². The number of carboxylic acid groups (broad SMARTS) is 1. The molecule has 6 heteroatoms. The number of H-pyrrole nitrogens is 1. The van der Waals surface area contributed by atoms with Gasteiger partial charge in [0.2, 0.25) is 0 Å². The summed E-state index contributed by atoms with van der Waals surface area (Å²) in [5.74, 6) is -1.15. The van der Waals surface area contributed by atoms with Gasteiger partial charge in [-0.3, -0.25) is 9.89 Å². The molecule has 1 amide bonds. The number of aliphatic carboxylic acids is 1. The fraction of sp³-hybridized carbons (Fsp3) is 0.357. The number of carbonyl (C=O) groups is 2. The van der Waals surface area contributed by atoms with Gasteiger partial charge in [0.25, 0.3) is 5.91 Å². The second-order valence-corrected chi connectivity index (χ2v) is 5.02. The normalized spacial score (nSPS) is 19.2. The summed E-state index contributed by atoms with van der Waals surface area (Å²) in [7, 11) is 0. The molecular weight excluding hydrogens is 258 g/mol. The molecule has 0 spiro atoms. The zero-order valence-corrected chi connectivity index (χ0v) is 10.9. The highest BCUT2D eigenvalue weighted by Crippen LogP contribution is 2.21. The number of benzene rings is 1. The Labute approximate surface area is 115 Å². The van der Waals surface area contributed by atoms with E-state index in [0.29, 0.717) is 18.5 Å². The number of piperidine rings is 1. The van der Waals surface area contributed by atoms with Crippen molar-refractivity contribution in [2.24, 2.45) is 0 Å². The van der Waals surface area contributed by atoms with Gasteiger partial charge in [-0.15, -0.1) is 0 Å². The van der Waals surface area contributed by atoms with Gasteiger partial charge in [0.05, 0.1) is 11.7 Å². The standard InChI is InChI=1S/C14H15N3O3/c18-13(17-6-2-1-3-12(17)14(19)20)9-4-5-11-10(7-9)8-15-16-11/h4-5,7-8,12H,1-3,6H2,(H,15,16)(H,19,20)/t12-/m1/s1. The zero-order chi connectivity index (χ0) is 14.1. The number of nitrogens with one attached hydrogen (secondary N) is 1. The molecule has 1 aromatic carbocycles. The minimum Gasteiger partial charge on any atom is -0.480 e. The number of hydrogen-bond donors (Lipinski definition) is 2. The number of fused-ring (bicyclic) bond motifs is 1. The fourth-order valence-corrected chi connectivity index (χ4v) is 2.67. The minimum atomic E-state index is -0.928. The molecule has 1 aliphatic heterocycles. The first-order valence-corrected chi connectivity index (χ1v) is 6.64. The summed E-state index contributed by atoms with van der Waals surface area (Å²) in [4.78, 5) is 25.2. The van der Waals surface area contributed by atoms with Gasteiger partial charge < -0.3 is 10.0 Å². The Bertz CT molecular complexity index is 664. The fourth-order valence-electron chi connectivity index (χ4n) is 2.67. The molecule has 6 nitrogen and oxygen atoms in total. The Morgan fingerprint density at radius 3 is 3.00 bits per heavy atom. The molecule has 1 aliphatic rings. The number of aromatic nitrogens is 2. The molecule has 1 saturated heterocycles. The molecule has 0 radical (unpaired) electrons. The van der Waals surface area contributed by atoms with Gasteiger partial charge in [-0.05, 0) is 37.5 Å². The van der Waals surface area contributed by atoms with Gasteiger partial charge in [0, 0.05) is 17.5 Å². The molecule has 1 aromatic heterocycles. The Morgan fingerprint density at radius 2 is 2.20 bits per heavy atom. The maximum absolute atomic E-state index is 12.5. The Hall–Kier alpha value is -2.37. The lowest BCUT2D eigenvalue weighted by atomic mass is 10.0. The first-order valence-electron chi connectivity index (χ1n) is 6.64. The van der Waals surface area contributed by atoms with Crippen molar-refractivity contribution in [3.05, 3.63) is 30.0 Å². The quantitative estimate of drug-likeness (QED) is 0.871. The Balaban J connectivity index is 1.91. The number of carbonyl (C=O) groups excluding carboxylic acids is 1. The summed E-state index contributed by atoms with van der Waals surface area (Å²) in [5.41, 5.74) is 1.36. The van der Waals surface area contributed by atoms with Crippen LogP contribution in [0.4, 0.5) is 0 Å². The molecule has 2 aromatic rings. The van der Waals surface area contributed by atoms with Crippen LogP contribution in [0, 0.1) is 0 Å². The van der Waals surface area contributed by atoms with Crippen LogP contribution in [0.5, 0.6) is 0 Å². The average molecular weight is 273 g/mol. The third kappa shape index (κ3) is 2.13. The van der Waals surface area contributed by atoms with E-state index < -0.39 is 12.0 Å². The maximum Gasteiger partial charge on any atom is 0.326 e. The van der Waals surface area contributed by atoms with Crippen molar-refractivity contribution < 1.29 is 14.7 Å². The van der Waals surface area contributed by atoms with Crippen LogP contribution < -0.4 is 0 Å². The van der Waals surface area contributed by atoms with E-state index in [2.05, 4.69) is 10.2 Å². The molecule has 2 N–H and O–H groups in total. The molecule has 1 fully saturated rings. The zero-order valence-electron chi connectivity index (χ0n) is 10.9. The van der Waals surface area contributed by atoms with Crippen molar-refractivity contribution in [1.82, 2.24) is 15.1 Å². The molecule has 0 bridgehead atoms. The summed E-state index contributed by atoms with van der Waals surface area (Å²) < 4.78 is 0. The molecular formula is C14H15N3O3. The van der Waals surface area contributed by atoms with Crippen LogP contribution in [-0.4, -0.2) is 44.7 Å². The summed E-state index contributed by atoms with van der Waals surface area (Å²) >= 11 is 0. The van der Waals surface area contributed by atoms with Crippen molar-refractivity contribution in [2.75, 3.05) is 6.54 Å². The SMILES string of the molecule is O=C(O)[C@H]1CCCCN1C(=O)c1ccc2[nH]ncc2c1. The maximum atomic E-state index is 12.5. The number of amides is 1. The van der Waals surface area contributed by atoms with Crippen LogP contribution in [0.1, 0.15) is 29.6 Å². The lowest BCUT2D eigenvalue weighted by molar-refractivity contribution is -0.143. The monoisotopic (exact) mass is 273 g/mol. The highest BCUT2D eigenvalue weighted by molar-refractivity contribution is 5.99. The molecule has 2 heterocycles. The van der Waals surface area contributed by atoms with Crippen LogP contribution >= 0.6 is 0 Å². The number of rotatable bonds is 2. The summed E-state index contributed by atoms with van der Waals surface area (Å²) in [5, 5.41) is 16.8. The van der Waals surface area contributed by atoms with Crippen LogP contribution in [0.2, 0.25) is 0 Å². The van der Waals surface area contributed by atoms with Crippen molar-refractivity contribution in [2.45, 2.75) is 25.3 Å². The molecule has 104 valence electrons. The predicted molar refractivity (Wildman–Crippen MR) is 72.4 cm³/mol. The van der Waals surface area contributed by atoms with Crippen LogP contribution in [0.25, 0.3) is 10.9 Å². The summed E-state index contributed by atoms with van der Waals surface area (Å²) in [6.07, 6.45) is 3.87. The van der Waals surface area contributed by atoms with E-state index >= 15 is 0 Å². The number of aromatic amines is 1. The van der Waals surface area contributed by atoms with Gasteiger partial charge in [-0.2, -0.15) is 5.10 Å². The van der Waals surface area contributed by atoms with Gasteiger partial charge in [-0.25, -0.2) is 4.79 Å². The molecule has 3 rings (SSSR count). The first-order chi connectivity index (χ1) is 9.66. The second kappa shape index (κ2) is 4.96. The molecule has 0 saturated carbocycles. The summed E-state index contributed by atoms with van der Waals surface area (Å²) in [6, 6.07) is 4.52. The van der Waals surface area contributed by atoms with Gasteiger partial charge >= 0.3 is 5.97 Å². The van der Waals surface area contributed by atoms with Crippen LogP contribution in [0.15, 0.2) is 24.4 Å². The van der Waals surface area contributed by atoms with Crippen LogP contribution in [0.3, 0.4) is 0 Å². The predicted octanol–water partition coefficient (Wildman–Crippen LogP) is 1.64. The number of nitrogens with zero attached hydrogens (tertiary/aromatic N) is 2. The molecule has 0 aliphatic carbocycles. The van der Waals surface area contributed by atoms with E-state index in [-0.39, 0.29) is 5.91 Å². The van der Waals surface area contributed by atoms with Gasteiger partial charge in [-0.1, -0.05) is 0 Å². The Kier molecular flexibility index (Phi) is 3.14. The smallest absolute Gasteiger partial charge is 0.326 e. The van der Waals surface area contributed by atoms with E-state index in [1.807, 2.05) is 0 Å². The van der Waals surface area contributed by atoms with Gasteiger partial charge in [0.1, 0.15) is 6.04 Å². The van der Waals surface area contributed by atoms with E-state index in [1.165, 1.54) is 4.90 Å². The second-order valence-electron chi connectivity index (χ2n) is 5.02. The van der Waals surface area contributed by atoms with Crippen molar-refractivity contribution >= 4 is 22.8 Å². The Morgan fingerprint density at radius 1 is 1.35 bits per heavy atom. The van der Waals surface area contributed by atoms with E-state index in [4.69, 9.17) is 0 Å². The first kappa shape index (κ1) is 12.7. The highest BCUT2D eigenvalue weighted by Gasteiger charge is 2.32. The lowest BCUT2D eigenvalue weighted by Crippen LogP contribution is -2.47. The number of hydrogen-bond acceptors (Lipinski definition) is 3. The topological polar surface area (TPSA) is 86.3 Å². The van der Waals surface area contributed by atoms with Crippen molar-refractivity contribution in [3.63, 3.8) is 0 Å². The number of carboxylic acids is 1. The molecule has 20 heavy (non-hydrogen) atoms. The van der Waals surface area contributed by atoms with E-state index in [0.717, 1.165) is 23.7 Å². The van der Waals surface area contributed by atoms with E-state index in [9.17, 15) is 14.7 Å². The van der Waals surface area contributed by atoms with Crippen LogP contribution in [-0.2, 0) is 4.79 Å². The molecule has 0 unspecified atom stereocenters. The van der Waals surface area contributed by atoms with Crippen molar-refractivity contribution in [1.29, 1.82) is 0 Å². The lowest BCUT2D eigenvalue weighted by Gasteiger charge is -2.33. The summed E-state index contributed by atoms with van der Waals surface area (Å²) in [6.45, 7) is 0.499. The average Bonchev–Trinajstić information content (AvgIpc) is 2.93. The third-order valence-corrected chi connectivity index (χ3v) is 3.74. The minimum absolute atomic E-state index is 0.222. The largest absolute Gasteiger partial charge is 0.480 e. The number of likely N-dealkylation sites (tertiary alicyclic amines) is 1. The van der Waals surface area contributed by atoms with Gasteiger partial charge in [0.15, 0.2) is 0 Å². The molecule has 1 atom stereocenters. The highest BCUT2D eigenvalue weighted by atomic mass is 16.4.